The third-order valence-corrected chi connectivity index (χ3v) is 3.89. The molecular formula is C14H18BrNO2. The van der Waals surface area contributed by atoms with Gasteiger partial charge in [-0.2, -0.15) is 0 Å². The smallest absolute Gasteiger partial charge is 0.251 e. The Morgan fingerprint density at radius 2 is 2.28 bits per heavy atom. The van der Waals surface area contributed by atoms with Crippen LogP contribution in [0.15, 0.2) is 28.7 Å². The van der Waals surface area contributed by atoms with Crippen LogP contribution in [0.4, 0.5) is 0 Å². The summed E-state index contributed by atoms with van der Waals surface area (Å²) in [5.74, 6) is 0.362. The van der Waals surface area contributed by atoms with E-state index in [-0.39, 0.29) is 12.0 Å². The van der Waals surface area contributed by atoms with Crippen molar-refractivity contribution in [2.24, 2.45) is 5.92 Å². The second-order valence-corrected chi connectivity index (χ2v) is 5.82. The van der Waals surface area contributed by atoms with Crippen molar-refractivity contribution >= 4 is 21.8 Å². The number of aliphatic hydroxyl groups excluding tert-OH is 1. The fourth-order valence-electron chi connectivity index (χ4n) is 2.42. The van der Waals surface area contributed by atoms with Crippen LogP contribution >= 0.6 is 15.9 Å². The molecule has 0 bridgehead atoms. The molecule has 18 heavy (non-hydrogen) atoms. The highest BCUT2D eigenvalue weighted by Gasteiger charge is 2.20. The minimum atomic E-state index is -0.188. The highest BCUT2D eigenvalue weighted by Crippen LogP contribution is 2.23. The lowest BCUT2D eigenvalue weighted by atomic mass is 9.87. The highest BCUT2D eigenvalue weighted by molar-refractivity contribution is 9.10. The monoisotopic (exact) mass is 311 g/mol. The average Bonchev–Trinajstić information content (AvgIpc) is 2.36. The summed E-state index contributed by atoms with van der Waals surface area (Å²) < 4.78 is 0.906. The minimum absolute atomic E-state index is 0.0450. The lowest BCUT2D eigenvalue weighted by molar-refractivity contribution is 0.0874. The molecule has 0 heterocycles. The van der Waals surface area contributed by atoms with Gasteiger partial charge in [-0.05, 0) is 43.4 Å². The normalized spacial score (nSPS) is 23.7. The van der Waals surface area contributed by atoms with Gasteiger partial charge in [0.05, 0.1) is 6.10 Å². The fourth-order valence-corrected chi connectivity index (χ4v) is 2.82. The molecule has 0 radical (unpaired) electrons. The van der Waals surface area contributed by atoms with Gasteiger partial charge < -0.3 is 10.4 Å². The van der Waals surface area contributed by atoms with E-state index in [9.17, 15) is 9.90 Å². The molecule has 1 aromatic carbocycles. The van der Waals surface area contributed by atoms with E-state index in [1.165, 1.54) is 0 Å². The van der Waals surface area contributed by atoms with Crippen LogP contribution in [-0.4, -0.2) is 23.7 Å². The molecule has 1 amide bonds. The third-order valence-electron chi connectivity index (χ3n) is 3.39. The fraction of sp³-hybridized carbons (Fsp3) is 0.500. The van der Waals surface area contributed by atoms with Gasteiger partial charge in [-0.1, -0.05) is 28.4 Å². The SMILES string of the molecule is O=C(NCC1CCCC(O)C1)c1cccc(Br)c1. The van der Waals surface area contributed by atoms with Crippen LogP contribution in [0.25, 0.3) is 0 Å². The van der Waals surface area contributed by atoms with Crippen molar-refractivity contribution in [2.75, 3.05) is 6.54 Å². The Bertz CT molecular complexity index is 422. The summed E-state index contributed by atoms with van der Waals surface area (Å²) in [6.45, 7) is 0.655. The number of carbonyl (C=O) groups is 1. The molecule has 98 valence electrons. The summed E-state index contributed by atoms with van der Waals surface area (Å²) in [5, 5.41) is 12.5. The van der Waals surface area contributed by atoms with Gasteiger partial charge in [0.15, 0.2) is 0 Å². The molecule has 4 heteroatoms. The van der Waals surface area contributed by atoms with Gasteiger partial charge in [-0.15, -0.1) is 0 Å². The quantitative estimate of drug-likeness (QED) is 0.901. The zero-order valence-corrected chi connectivity index (χ0v) is 11.8. The molecule has 0 aromatic heterocycles. The maximum atomic E-state index is 11.9. The Morgan fingerprint density at radius 3 is 3.00 bits per heavy atom. The molecule has 1 aliphatic carbocycles. The Hall–Kier alpha value is -0.870. The van der Waals surface area contributed by atoms with Gasteiger partial charge in [0.2, 0.25) is 0 Å². The minimum Gasteiger partial charge on any atom is -0.393 e. The molecule has 0 spiro atoms. The summed E-state index contributed by atoms with van der Waals surface area (Å²) in [6, 6.07) is 7.36. The number of carbonyl (C=O) groups excluding carboxylic acids is 1. The zero-order chi connectivity index (χ0) is 13.0. The zero-order valence-electron chi connectivity index (χ0n) is 10.2. The Kier molecular flexibility index (Phi) is 4.78. The number of rotatable bonds is 3. The molecule has 1 fully saturated rings. The van der Waals surface area contributed by atoms with E-state index >= 15 is 0 Å². The van der Waals surface area contributed by atoms with Crippen molar-refractivity contribution in [3.8, 4) is 0 Å². The van der Waals surface area contributed by atoms with Crippen LogP contribution in [0.5, 0.6) is 0 Å². The number of benzene rings is 1. The Balaban J connectivity index is 1.84. The number of nitrogens with one attached hydrogen (secondary N) is 1. The van der Waals surface area contributed by atoms with Crippen molar-refractivity contribution in [3.05, 3.63) is 34.3 Å². The first kappa shape index (κ1) is 13.6. The summed E-state index contributed by atoms with van der Waals surface area (Å²) >= 11 is 3.35. The van der Waals surface area contributed by atoms with Crippen LogP contribution < -0.4 is 5.32 Å². The van der Waals surface area contributed by atoms with Crippen molar-refractivity contribution < 1.29 is 9.90 Å². The topological polar surface area (TPSA) is 49.3 Å². The van der Waals surface area contributed by atoms with Gasteiger partial charge in [-0.3, -0.25) is 4.79 Å². The second kappa shape index (κ2) is 6.34. The molecule has 0 saturated heterocycles. The number of hydrogen-bond acceptors (Lipinski definition) is 2. The highest BCUT2D eigenvalue weighted by atomic mass is 79.9. The van der Waals surface area contributed by atoms with Gasteiger partial charge in [0.1, 0.15) is 0 Å². The molecule has 1 saturated carbocycles. The first-order valence-corrected chi connectivity index (χ1v) is 7.16. The van der Waals surface area contributed by atoms with Gasteiger partial charge >= 0.3 is 0 Å². The van der Waals surface area contributed by atoms with Crippen LogP contribution in [0.3, 0.4) is 0 Å². The van der Waals surface area contributed by atoms with E-state index in [0.717, 1.165) is 30.2 Å². The molecule has 2 rings (SSSR count). The summed E-state index contributed by atoms with van der Waals surface area (Å²) in [4.78, 5) is 11.9. The number of amides is 1. The van der Waals surface area contributed by atoms with Crippen LogP contribution in [0.2, 0.25) is 0 Å². The lowest BCUT2D eigenvalue weighted by Gasteiger charge is -2.25. The van der Waals surface area contributed by atoms with E-state index in [1.807, 2.05) is 18.2 Å². The number of hydrogen-bond donors (Lipinski definition) is 2. The predicted octanol–water partition coefficient (Wildman–Crippen LogP) is 2.73. The summed E-state index contributed by atoms with van der Waals surface area (Å²) in [5.41, 5.74) is 0.667. The first-order chi connectivity index (χ1) is 8.65. The van der Waals surface area contributed by atoms with Crippen LogP contribution in [0.1, 0.15) is 36.0 Å². The largest absolute Gasteiger partial charge is 0.393 e. The molecule has 3 nitrogen and oxygen atoms in total. The summed E-state index contributed by atoms with van der Waals surface area (Å²) in [7, 11) is 0. The molecular weight excluding hydrogens is 294 g/mol. The second-order valence-electron chi connectivity index (χ2n) is 4.91. The lowest BCUT2D eigenvalue weighted by Crippen LogP contribution is -2.32. The first-order valence-electron chi connectivity index (χ1n) is 6.37. The van der Waals surface area contributed by atoms with E-state index in [4.69, 9.17) is 0 Å². The van der Waals surface area contributed by atoms with Gasteiger partial charge in [-0.25, -0.2) is 0 Å². The number of halogens is 1. The standard InChI is InChI=1S/C14H18BrNO2/c15-12-5-2-4-11(8-12)14(18)16-9-10-3-1-6-13(17)7-10/h2,4-5,8,10,13,17H,1,3,6-7,9H2,(H,16,18). The van der Waals surface area contributed by atoms with Crippen LogP contribution in [0, 0.1) is 5.92 Å². The molecule has 2 N–H and O–H groups in total. The molecule has 1 aromatic rings. The molecule has 2 unspecified atom stereocenters. The van der Waals surface area contributed by atoms with Crippen molar-refractivity contribution in [3.63, 3.8) is 0 Å². The van der Waals surface area contributed by atoms with Crippen molar-refractivity contribution in [1.82, 2.24) is 5.32 Å². The van der Waals surface area contributed by atoms with E-state index in [1.54, 1.807) is 6.07 Å². The maximum absolute atomic E-state index is 11.9. The third kappa shape index (κ3) is 3.82. The Labute approximate surface area is 116 Å². The molecule has 1 aliphatic rings. The van der Waals surface area contributed by atoms with Crippen molar-refractivity contribution in [2.45, 2.75) is 31.8 Å². The van der Waals surface area contributed by atoms with E-state index < -0.39 is 0 Å². The molecule has 0 aliphatic heterocycles. The average molecular weight is 312 g/mol. The predicted molar refractivity (Wildman–Crippen MR) is 74.4 cm³/mol. The van der Waals surface area contributed by atoms with Gasteiger partial charge in [0, 0.05) is 16.6 Å². The van der Waals surface area contributed by atoms with Gasteiger partial charge in [0.25, 0.3) is 5.91 Å². The van der Waals surface area contributed by atoms with E-state index in [2.05, 4.69) is 21.2 Å². The Morgan fingerprint density at radius 1 is 1.44 bits per heavy atom. The molecule has 2 atom stereocenters. The van der Waals surface area contributed by atoms with Crippen molar-refractivity contribution in [1.29, 1.82) is 0 Å². The van der Waals surface area contributed by atoms with Crippen LogP contribution in [-0.2, 0) is 0 Å². The summed E-state index contributed by atoms with van der Waals surface area (Å²) in [6.07, 6.45) is 3.66. The maximum Gasteiger partial charge on any atom is 0.251 e. The van der Waals surface area contributed by atoms with E-state index in [0.29, 0.717) is 18.0 Å². The number of aliphatic hydroxyl groups is 1.